The average molecular weight is 406 g/mol. The van der Waals surface area contributed by atoms with Gasteiger partial charge in [-0.2, -0.15) is 0 Å². The van der Waals surface area contributed by atoms with Crippen molar-refractivity contribution in [2.24, 2.45) is 12.2 Å². The predicted molar refractivity (Wildman–Crippen MR) is 104 cm³/mol. The van der Waals surface area contributed by atoms with Gasteiger partial charge in [-0.25, -0.2) is 18.5 Å². The van der Waals surface area contributed by atoms with E-state index < -0.39 is 10.0 Å². The molecule has 3 aromatic rings. The van der Waals surface area contributed by atoms with Gasteiger partial charge in [-0.05, 0) is 30.3 Å². The topological polar surface area (TPSA) is 116 Å². The van der Waals surface area contributed by atoms with Crippen LogP contribution in [0.5, 0.6) is 5.75 Å². The number of amides is 1. The Hall–Kier alpha value is -2.56. The number of benzene rings is 2. The molecule has 1 heterocycles. The summed E-state index contributed by atoms with van der Waals surface area (Å²) in [5.41, 5.74) is 1.83. The Balaban J connectivity index is 1.75. The molecular formula is C17H18N4O4S2. The van der Waals surface area contributed by atoms with Crippen molar-refractivity contribution in [1.29, 1.82) is 0 Å². The van der Waals surface area contributed by atoms with Crippen LogP contribution < -0.4 is 15.2 Å². The van der Waals surface area contributed by atoms with Crippen LogP contribution in [0.4, 0.5) is 5.69 Å². The number of anilines is 1. The van der Waals surface area contributed by atoms with E-state index in [4.69, 9.17) is 9.88 Å². The standard InChI is InChI=1S/C17H18N4O4S2/c1-21-14-8-7-11(27(18,23)24)9-13(14)20-17(21)26-10-16(22)19-12-5-3-4-6-15(12)25-2/h3-9H,10H2,1-2H3,(H,19,22)(H2,18,23,24). The number of imidazole rings is 1. The number of carbonyl (C=O) groups is 1. The highest BCUT2D eigenvalue weighted by molar-refractivity contribution is 7.99. The summed E-state index contributed by atoms with van der Waals surface area (Å²) < 4.78 is 30.0. The second-order valence-electron chi connectivity index (χ2n) is 5.69. The molecule has 0 saturated carbocycles. The summed E-state index contributed by atoms with van der Waals surface area (Å²) >= 11 is 1.25. The van der Waals surface area contributed by atoms with Crippen LogP contribution in [0.3, 0.4) is 0 Å². The molecule has 27 heavy (non-hydrogen) atoms. The molecule has 142 valence electrons. The van der Waals surface area contributed by atoms with Crippen molar-refractivity contribution >= 4 is 44.4 Å². The van der Waals surface area contributed by atoms with E-state index in [1.165, 1.54) is 31.0 Å². The van der Waals surface area contributed by atoms with Crippen molar-refractivity contribution in [3.05, 3.63) is 42.5 Å². The van der Waals surface area contributed by atoms with E-state index in [-0.39, 0.29) is 16.6 Å². The van der Waals surface area contributed by atoms with Crippen molar-refractivity contribution in [2.45, 2.75) is 10.1 Å². The number of nitrogens with zero attached hydrogens (tertiary/aromatic N) is 2. The molecular weight excluding hydrogens is 388 g/mol. The second kappa shape index (κ2) is 7.59. The Morgan fingerprint density at radius 3 is 2.74 bits per heavy atom. The number of hydrogen-bond donors (Lipinski definition) is 2. The highest BCUT2D eigenvalue weighted by Crippen LogP contribution is 2.26. The monoisotopic (exact) mass is 406 g/mol. The molecule has 0 saturated heterocycles. The van der Waals surface area contributed by atoms with Crippen LogP contribution in [0.1, 0.15) is 0 Å². The first-order valence-electron chi connectivity index (χ1n) is 7.84. The third-order valence-corrected chi connectivity index (χ3v) is 5.79. The van der Waals surface area contributed by atoms with Gasteiger partial charge < -0.3 is 14.6 Å². The first-order chi connectivity index (χ1) is 12.8. The molecule has 1 aromatic heterocycles. The number of rotatable bonds is 6. The summed E-state index contributed by atoms with van der Waals surface area (Å²) in [6, 6.07) is 11.6. The van der Waals surface area contributed by atoms with Crippen LogP contribution in [-0.2, 0) is 21.9 Å². The van der Waals surface area contributed by atoms with Gasteiger partial charge in [0.05, 0.1) is 34.5 Å². The molecule has 0 spiro atoms. The van der Waals surface area contributed by atoms with E-state index in [9.17, 15) is 13.2 Å². The first kappa shape index (κ1) is 19.2. The van der Waals surface area contributed by atoms with Crippen LogP contribution >= 0.6 is 11.8 Å². The summed E-state index contributed by atoms with van der Waals surface area (Å²) in [5.74, 6) is 0.507. The summed E-state index contributed by atoms with van der Waals surface area (Å²) in [4.78, 5) is 16.6. The number of fused-ring (bicyclic) bond motifs is 1. The summed E-state index contributed by atoms with van der Waals surface area (Å²) in [6.45, 7) is 0. The van der Waals surface area contributed by atoms with Gasteiger partial charge in [-0.15, -0.1) is 0 Å². The summed E-state index contributed by atoms with van der Waals surface area (Å²) in [7, 11) is -0.462. The molecule has 0 radical (unpaired) electrons. The minimum atomic E-state index is -3.80. The smallest absolute Gasteiger partial charge is 0.238 e. The molecule has 0 aliphatic carbocycles. The Labute approximate surface area is 160 Å². The van der Waals surface area contributed by atoms with E-state index in [1.807, 2.05) is 6.07 Å². The summed E-state index contributed by atoms with van der Waals surface area (Å²) in [6.07, 6.45) is 0. The average Bonchev–Trinajstić information content (AvgIpc) is 2.95. The molecule has 0 bridgehead atoms. The van der Waals surface area contributed by atoms with Crippen LogP contribution in [0.2, 0.25) is 0 Å². The van der Waals surface area contributed by atoms with E-state index in [0.29, 0.717) is 22.1 Å². The van der Waals surface area contributed by atoms with Gasteiger partial charge in [-0.3, -0.25) is 4.79 Å². The lowest BCUT2D eigenvalue weighted by Crippen LogP contribution is -2.15. The maximum absolute atomic E-state index is 12.2. The number of sulfonamides is 1. The van der Waals surface area contributed by atoms with E-state index in [1.54, 1.807) is 35.9 Å². The molecule has 3 rings (SSSR count). The molecule has 2 aromatic carbocycles. The SMILES string of the molecule is COc1ccccc1NC(=O)CSc1nc2cc(S(N)(=O)=O)ccc2n1C. The van der Waals surface area contributed by atoms with Gasteiger partial charge in [-0.1, -0.05) is 23.9 Å². The number of para-hydroxylation sites is 2. The molecule has 8 nitrogen and oxygen atoms in total. The zero-order chi connectivity index (χ0) is 19.6. The zero-order valence-electron chi connectivity index (χ0n) is 14.7. The molecule has 0 aliphatic rings. The number of carbonyl (C=O) groups excluding carboxylic acids is 1. The van der Waals surface area contributed by atoms with Gasteiger partial charge in [0.2, 0.25) is 15.9 Å². The van der Waals surface area contributed by atoms with E-state index in [2.05, 4.69) is 10.3 Å². The minimum absolute atomic E-state index is 0.00133. The number of methoxy groups -OCH3 is 1. The molecule has 0 atom stereocenters. The number of nitrogens with one attached hydrogen (secondary N) is 1. The van der Waals surface area contributed by atoms with Crippen molar-refractivity contribution < 1.29 is 17.9 Å². The fraction of sp³-hybridized carbons (Fsp3) is 0.176. The van der Waals surface area contributed by atoms with E-state index in [0.717, 1.165) is 5.52 Å². The molecule has 0 aliphatic heterocycles. The molecule has 10 heteroatoms. The number of primary sulfonamides is 1. The highest BCUT2D eigenvalue weighted by atomic mass is 32.2. The lowest BCUT2D eigenvalue weighted by atomic mass is 10.3. The lowest BCUT2D eigenvalue weighted by molar-refractivity contribution is -0.113. The highest BCUT2D eigenvalue weighted by Gasteiger charge is 2.15. The number of hydrogen-bond acceptors (Lipinski definition) is 6. The number of aryl methyl sites for hydroxylation is 1. The fourth-order valence-corrected chi connectivity index (χ4v) is 3.85. The third-order valence-electron chi connectivity index (χ3n) is 3.85. The third kappa shape index (κ3) is 4.24. The Morgan fingerprint density at radius 2 is 2.04 bits per heavy atom. The number of aromatic nitrogens is 2. The van der Waals surface area contributed by atoms with Crippen LogP contribution in [0, 0.1) is 0 Å². The number of nitrogens with two attached hydrogens (primary N) is 1. The number of ether oxygens (including phenoxy) is 1. The molecule has 1 amide bonds. The fourth-order valence-electron chi connectivity index (χ4n) is 2.53. The molecule has 0 unspecified atom stereocenters. The molecule has 0 fully saturated rings. The second-order valence-corrected chi connectivity index (χ2v) is 8.19. The van der Waals surface area contributed by atoms with Crippen LogP contribution in [0.25, 0.3) is 11.0 Å². The minimum Gasteiger partial charge on any atom is -0.495 e. The maximum Gasteiger partial charge on any atom is 0.238 e. The molecule has 3 N–H and O–H groups in total. The van der Waals surface area contributed by atoms with Gasteiger partial charge in [0.1, 0.15) is 5.75 Å². The number of thioether (sulfide) groups is 1. The maximum atomic E-state index is 12.2. The van der Waals surface area contributed by atoms with Gasteiger partial charge in [0.15, 0.2) is 5.16 Å². The Kier molecular flexibility index (Phi) is 5.40. The van der Waals surface area contributed by atoms with E-state index >= 15 is 0 Å². The Morgan fingerprint density at radius 1 is 1.30 bits per heavy atom. The quantitative estimate of drug-likeness (QED) is 0.605. The van der Waals surface area contributed by atoms with Gasteiger partial charge >= 0.3 is 0 Å². The summed E-state index contributed by atoms with van der Waals surface area (Å²) in [5, 5.41) is 8.54. The van der Waals surface area contributed by atoms with Crippen molar-refractivity contribution in [3.63, 3.8) is 0 Å². The Bertz CT molecular complexity index is 1110. The zero-order valence-corrected chi connectivity index (χ0v) is 16.3. The van der Waals surface area contributed by atoms with Gasteiger partial charge in [0, 0.05) is 7.05 Å². The van der Waals surface area contributed by atoms with Crippen molar-refractivity contribution in [3.8, 4) is 5.75 Å². The lowest BCUT2D eigenvalue weighted by Gasteiger charge is -2.09. The van der Waals surface area contributed by atoms with Crippen molar-refractivity contribution in [1.82, 2.24) is 9.55 Å². The van der Waals surface area contributed by atoms with Gasteiger partial charge in [0.25, 0.3) is 0 Å². The van der Waals surface area contributed by atoms with Crippen molar-refractivity contribution in [2.75, 3.05) is 18.2 Å². The largest absolute Gasteiger partial charge is 0.495 e. The predicted octanol–water partition coefficient (Wildman–Crippen LogP) is 1.96. The van der Waals surface area contributed by atoms with Crippen LogP contribution in [0.15, 0.2) is 52.5 Å². The normalized spacial score (nSPS) is 11.5. The first-order valence-corrected chi connectivity index (χ1v) is 10.4. The van der Waals surface area contributed by atoms with Crippen LogP contribution in [-0.4, -0.2) is 36.7 Å².